The molecule has 0 radical (unpaired) electrons. The van der Waals surface area contributed by atoms with Gasteiger partial charge in [0.2, 0.25) is 0 Å². The predicted octanol–water partition coefficient (Wildman–Crippen LogP) is 4.09. The molecule has 0 aliphatic rings. The Bertz CT molecular complexity index is 656. The lowest BCUT2D eigenvalue weighted by Crippen LogP contribution is -2.09. The van der Waals surface area contributed by atoms with Crippen LogP contribution in [-0.4, -0.2) is 12.6 Å². The number of halogens is 2. The Morgan fingerprint density at radius 2 is 2.05 bits per heavy atom. The highest BCUT2D eigenvalue weighted by atomic mass is 79.9. The van der Waals surface area contributed by atoms with Gasteiger partial charge in [0.25, 0.3) is 0 Å². The molecule has 0 atom stereocenters. The highest BCUT2D eigenvalue weighted by molar-refractivity contribution is 9.10. The number of anilines is 3. The minimum atomic E-state index is -0.508. The van der Waals surface area contributed by atoms with E-state index >= 15 is 0 Å². The van der Waals surface area contributed by atoms with Crippen LogP contribution in [0, 0.1) is 5.82 Å². The molecule has 0 fully saturated rings. The number of hydrogen-bond acceptors (Lipinski definition) is 4. The van der Waals surface area contributed by atoms with Crippen molar-refractivity contribution >= 4 is 39.0 Å². The van der Waals surface area contributed by atoms with Crippen molar-refractivity contribution in [2.24, 2.45) is 0 Å². The van der Waals surface area contributed by atoms with Gasteiger partial charge in [-0.25, -0.2) is 9.18 Å². The quantitative estimate of drug-likeness (QED) is 0.642. The maximum atomic E-state index is 13.8. The van der Waals surface area contributed by atoms with Crippen LogP contribution >= 0.6 is 15.9 Å². The van der Waals surface area contributed by atoms with E-state index in [9.17, 15) is 9.18 Å². The molecule has 0 heterocycles. The fourth-order valence-corrected chi connectivity index (χ4v) is 2.25. The van der Waals surface area contributed by atoms with Crippen LogP contribution in [0.5, 0.6) is 0 Å². The molecule has 0 spiro atoms. The summed E-state index contributed by atoms with van der Waals surface area (Å²) < 4.78 is 19.3. The molecular formula is C15H14BrFN2O2. The second-order valence-corrected chi connectivity index (χ2v) is 5.06. The predicted molar refractivity (Wildman–Crippen MR) is 84.2 cm³/mol. The van der Waals surface area contributed by atoms with Crippen molar-refractivity contribution in [3.63, 3.8) is 0 Å². The van der Waals surface area contributed by atoms with Crippen LogP contribution in [0.4, 0.5) is 21.5 Å². The zero-order valence-electron chi connectivity index (χ0n) is 11.3. The monoisotopic (exact) mass is 352 g/mol. The second-order valence-electron chi connectivity index (χ2n) is 4.21. The first kappa shape index (κ1) is 15.3. The molecule has 2 aromatic carbocycles. The summed E-state index contributed by atoms with van der Waals surface area (Å²) in [4.78, 5) is 11.8. The van der Waals surface area contributed by atoms with Crippen LogP contribution < -0.4 is 11.1 Å². The number of nitrogens with one attached hydrogen (secondary N) is 1. The largest absolute Gasteiger partial charge is 0.462 e. The SMILES string of the molecule is CCOC(=O)c1cccc(Nc2c(F)cccc2Br)c1N. The van der Waals surface area contributed by atoms with Gasteiger partial charge >= 0.3 is 5.97 Å². The van der Waals surface area contributed by atoms with Crippen molar-refractivity contribution in [3.05, 3.63) is 52.3 Å². The summed E-state index contributed by atoms with van der Waals surface area (Å²) in [5, 5.41) is 2.89. The van der Waals surface area contributed by atoms with E-state index in [0.717, 1.165) is 0 Å². The Morgan fingerprint density at radius 3 is 2.71 bits per heavy atom. The van der Waals surface area contributed by atoms with Crippen LogP contribution in [0.2, 0.25) is 0 Å². The number of nitrogen functional groups attached to an aromatic ring is 1. The molecule has 6 heteroatoms. The number of ether oxygens (including phenoxy) is 1. The van der Waals surface area contributed by atoms with E-state index < -0.39 is 11.8 Å². The average Bonchev–Trinajstić information content (AvgIpc) is 2.45. The number of para-hydroxylation sites is 2. The minimum absolute atomic E-state index is 0.214. The smallest absolute Gasteiger partial charge is 0.340 e. The van der Waals surface area contributed by atoms with Gasteiger partial charge in [0, 0.05) is 4.47 Å². The summed E-state index contributed by atoms with van der Waals surface area (Å²) in [7, 11) is 0. The summed E-state index contributed by atoms with van der Waals surface area (Å²) in [6.07, 6.45) is 0. The van der Waals surface area contributed by atoms with Crippen LogP contribution in [0.15, 0.2) is 40.9 Å². The maximum Gasteiger partial charge on any atom is 0.340 e. The van der Waals surface area contributed by atoms with Crippen molar-refractivity contribution in [1.82, 2.24) is 0 Å². The third-order valence-corrected chi connectivity index (χ3v) is 3.48. The molecular weight excluding hydrogens is 339 g/mol. The van der Waals surface area contributed by atoms with Crippen LogP contribution in [0.3, 0.4) is 0 Å². The molecule has 0 aliphatic heterocycles. The number of benzene rings is 2. The fraction of sp³-hybridized carbons (Fsp3) is 0.133. The summed E-state index contributed by atoms with van der Waals surface area (Å²) in [5.41, 5.74) is 7.11. The topological polar surface area (TPSA) is 64.3 Å². The number of esters is 1. The van der Waals surface area contributed by atoms with Gasteiger partial charge < -0.3 is 15.8 Å². The third-order valence-electron chi connectivity index (χ3n) is 2.82. The molecule has 0 amide bonds. The van der Waals surface area contributed by atoms with E-state index in [2.05, 4.69) is 21.2 Å². The third kappa shape index (κ3) is 3.33. The molecule has 21 heavy (non-hydrogen) atoms. The van der Waals surface area contributed by atoms with E-state index in [1.54, 1.807) is 37.3 Å². The minimum Gasteiger partial charge on any atom is -0.462 e. The van der Waals surface area contributed by atoms with Crippen molar-refractivity contribution < 1.29 is 13.9 Å². The molecule has 3 N–H and O–H groups in total. The van der Waals surface area contributed by atoms with E-state index in [4.69, 9.17) is 10.5 Å². The number of nitrogens with two attached hydrogens (primary N) is 1. The fourth-order valence-electron chi connectivity index (χ4n) is 1.81. The van der Waals surface area contributed by atoms with Gasteiger partial charge in [-0.15, -0.1) is 0 Å². The normalized spacial score (nSPS) is 10.2. The number of rotatable bonds is 4. The Kier molecular flexibility index (Phi) is 4.80. The molecule has 110 valence electrons. The van der Waals surface area contributed by atoms with Gasteiger partial charge in [-0.3, -0.25) is 0 Å². The molecule has 0 bridgehead atoms. The Morgan fingerprint density at radius 1 is 1.33 bits per heavy atom. The van der Waals surface area contributed by atoms with Gasteiger partial charge in [0.05, 0.1) is 29.2 Å². The number of hydrogen-bond donors (Lipinski definition) is 2. The van der Waals surface area contributed by atoms with Crippen molar-refractivity contribution in [1.29, 1.82) is 0 Å². The summed E-state index contributed by atoms with van der Waals surface area (Å²) in [5.74, 6) is -0.934. The zero-order chi connectivity index (χ0) is 15.4. The highest BCUT2D eigenvalue weighted by Crippen LogP contribution is 2.32. The first-order valence-electron chi connectivity index (χ1n) is 6.31. The van der Waals surface area contributed by atoms with Crippen molar-refractivity contribution in [3.8, 4) is 0 Å². The van der Waals surface area contributed by atoms with Gasteiger partial charge in [0.1, 0.15) is 5.82 Å². The maximum absolute atomic E-state index is 13.8. The standard InChI is InChI=1S/C15H14BrFN2O2/c1-2-21-15(20)9-5-3-8-12(13(9)18)19-14-10(16)6-4-7-11(14)17/h3-8,19H,2,18H2,1H3. The lowest BCUT2D eigenvalue weighted by molar-refractivity contribution is 0.0527. The van der Waals surface area contributed by atoms with Gasteiger partial charge in [-0.1, -0.05) is 12.1 Å². The van der Waals surface area contributed by atoms with Gasteiger partial charge in [-0.2, -0.15) is 0 Å². The van der Waals surface area contributed by atoms with Gasteiger partial charge in [0.15, 0.2) is 0 Å². The Labute approximate surface area is 130 Å². The Balaban J connectivity index is 2.37. The van der Waals surface area contributed by atoms with Crippen LogP contribution in [-0.2, 0) is 4.74 Å². The van der Waals surface area contributed by atoms with Crippen LogP contribution in [0.1, 0.15) is 17.3 Å². The molecule has 0 unspecified atom stereocenters. The van der Waals surface area contributed by atoms with Crippen molar-refractivity contribution in [2.45, 2.75) is 6.92 Å². The van der Waals surface area contributed by atoms with E-state index in [1.165, 1.54) is 6.07 Å². The molecule has 4 nitrogen and oxygen atoms in total. The molecule has 0 saturated carbocycles. The van der Waals surface area contributed by atoms with Gasteiger partial charge in [-0.05, 0) is 47.1 Å². The summed E-state index contributed by atoms with van der Waals surface area (Å²) in [6, 6.07) is 9.50. The molecule has 0 aliphatic carbocycles. The van der Waals surface area contributed by atoms with Crippen LogP contribution in [0.25, 0.3) is 0 Å². The second kappa shape index (κ2) is 6.58. The zero-order valence-corrected chi connectivity index (χ0v) is 12.9. The molecule has 2 aromatic rings. The average molecular weight is 353 g/mol. The summed E-state index contributed by atoms with van der Waals surface area (Å²) >= 11 is 3.27. The van der Waals surface area contributed by atoms with Crippen molar-refractivity contribution in [2.75, 3.05) is 17.7 Å². The first-order valence-corrected chi connectivity index (χ1v) is 7.10. The Hall–Kier alpha value is -2.08. The lowest BCUT2D eigenvalue weighted by atomic mass is 10.1. The first-order chi connectivity index (χ1) is 10.0. The molecule has 2 rings (SSSR count). The number of carbonyl (C=O) groups excluding carboxylic acids is 1. The molecule has 0 aromatic heterocycles. The summed E-state index contributed by atoms with van der Waals surface area (Å²) in [6.45, 7) is 1.97. The number of carbonyl (C=O) groups is 1. The van der Waals surface area contributed by atoms with E-state index in [0.29, 0.717) is 10.2 Å². The van der Waals surface area contributed by atoms with E-state index in [1.807, 2.05) is 0 Å². The molecule has 0 saturated heterocycles. The van der Waals surface area contributed by atoms with E-state index in [-0.39, 0.29) is 23.5 Å². The lowest BCUT2D eigenvalue weighted by Gasteiger charge is -2.14. The highest BCUT2D eigenvalue weighted by Gasteiger charge is 2.15.